The molecule has 0 spiro atoms. The Morgan fingerprint density at radius 1 is 0.773 bits per heavy atom. The number of hydrogen-bond donors (Lipinski definition) is 2. The summed E-state index contributed by atoms with van der Waals surface area (Å²) in [6.07, 6.45) is 7.36. The van der Waals surface area contributed by atoms with Gasteiger partial charge in [-0.05, 0) is 38.5 Å². The van der Waals surface area contributed by atoms with Gasteiger partial charge >= 0.3 is 0 Å². The van der Waals surface area contributed by atoms with Gasteiger partial charge in [-0.25, -0.2) is 0 Å². The minimum atomic E-state index is -0.324. The Balaban J connectivity index is 1.90. The first-order valence-electron chi connectivity index (χ1n) is 8.49. The minimum absolute atomic E-state index is 0.324. The molecule has 1 aromatic heterocycles. The average Bonchev–Trinajstić information content (AvgIpc) is 2.62. The summed E-state index contributed by atoms with van der Waals surface area (Å²) in [7, 11) is 0. The second-order valence-corrected chi connectivity index (χ2v) is 6.23. The van der Waals surface area contributed by atoms with Gasteiger partial charge in [-0.3, -0.25) is 0 Å². The summed E-state index contributed by atoms with van der Waals surface area (Å²) in [6, 6.07) is -0.324. The molecule has 4 N–H and O–H groups in total. The van der Waals surface area contributed by atoms with E-state index in [1.807, 2.05) is 0 Å². The highest BCUT2D eigenvalue weighted by molar-refractivity contribution is 5.40. The number of nitrogens with two attached hydrogens (primary N) is 2. The molecule has 1 aromatic rings. The lowest BCUT2D eigenvalue weighted by Crippen LogP contribution is -2.36. The van der Waals surface area contributed by atoms with Gasteiger partial charge in [0, 0.05) is 32.7 Å². The maximum absolute atomic E-state index is 6.08. The second-order valence-electron chi connectivity index (χ2n) is 6.23. The van der Waals surface area contributed by atoms with Gasteiger partial charge in [0.25, 0.3) is 0 Å². The Kier molecular flexibility index (Phi) is 5.04. The van der Waals surface area contributed by atoms with Crippen LogP contribution in [0, 0.1) is 0 Å². The summed E-state index contributed by atoms with van der Waals surface area (Å²) in [5, 5.41) is 0. The third-order valence-corrected chi connectivity index (χ3v) is 4.49. The number of rotatable bonds is 4. The number of nitrogens with zero attached hydrogens (tertiary/aromatic N) is 5. The Labute approximate surface area is 132 Å². The van der Waals surface area contributed by atoms with E-state index in [4.69, 9.17) is 16.5 Å². The van der Waals surface area contributed by atoms with Crippen LogP contribution in [0.15, 0.2) is 0 Å². The van der Waals surface area contributed by atoms with Crippen molar-refractivity contribution in [2.75, 3.05) is 42.5 Å². The largest absolute Gasteiger partial charge is 0.341 e. The fraction of sp³-hybridized carbons (Fsp3) is 0.800. The number of aromatic nitrogens is 3. The highest BCUT2D eigenvalue weighted by Gasteiger charge is 2.21. The smallest absolute Gasteiger partial charge is 0.230 e. The minimum Gasteiger partial charge on any atom is -0.341 e. The van der Waals surface area contributed by atoms with Gasteiger partial charge < -0.3 is 21.3 Å². The lowest BCUT2D eigenvalue weighted by molar-refractivity contribution is 0.549. The highest BCUT2D eigenvalue weighted by Crippen LogP contribution is 2.22. The monoisotopic (exact) mass is 305 g/mol. The van der Waals surface area contributed by atoms with E-state index in [9.17, 15) is 0 Å². The Bertz CT molecular complexity index is 445. The predicted octanol–water partition coefficient (Wildman–Crippen LogP) is 0.811. The van der Waals surface area contributed by atoms with Crippen LogP contribution in [0.25, 0.3) is 0 Å². The van der Waals surface area contributed by atoms with E-state index in [0.29, 0.717) is 12.4 Å². The van der Waals surface area contributed by atoms with Crippen LogP contribution in [0.2, 0.25) is 0 Å². The third-order valence-electron chi connectivity index (χ3n) is 4.49. The zero-order valence-electron chi connectivity index (χ0n) is 13.2. The molecular weight excluding hydrogens is 278 g/mol. The molecule has 22 heavy (non-hydrogen) atoms. The number of anilines is 2. The van der Waals surface area contributed by atoms with Gasteiger partial charge in [0.2, 0.25) is 11.9 Å². The SMILES string of the molecule is NCC(N)c1nc(N2CCCCC2)nc(N2CCCCC2)n1. The summed E-state index contributed by atoms with van der Waals surface area (Å²) < 4.78 is 0. The maximum Gasteiger partial charge on any atom is 0.230 e. The standard InChI is InChI=1S/C15H27N7/c16-11-12(17)13-18-14(21-7-3-1-4-8-21)20-15(19-13)22-9-5-2-6-10-22/h12H,1-11,16-17H2. The van der Waals surface area contributed by atoms with Crippen molar-refractivity contribution in [3.05, 3.63) is 5.82 Å². The normalized spacial score (nSPS) is 21.0. The van der Waals surface area contributed by atoms with Gasteiger partial charge in [0.05, 0.1) is 6.04 Å². The Hall–Kier alpha value is -1.47. The van der Waals surface area contributed by atoms with E-state index in [1.165, 1.54) is 38.5 Å². The van der Waals surface area contributed by atoms with E-state index in [0.717, 1.165) is 38.1 Å². The van der Waals surface area contributed by atoms with Crippen molar-refractivity contribution in [3.8, 4) is 0 Å². The van der Waals surface area contributed by atoms with Crippen molar-refractivity contribution >= 4 is 11.9 Å². The van der Waals surface area contributed by atoms with Crippen molar-refractivity contribution in [2.24, 2.45) is 11.5 Å². The van der Waals surface area contributed by atoms with Gasteiger partial charge in [-0.1, -0.05) is 0 Å². The summed E-state index contributed by atoms with van der Waals surface area (Å²) in [4.78, 5) is 18.4. The molecule has 122 valence electrons. The molecule has 0 radical (unpaired) electrons. The molecule has 7 heteroatoms. The summed E-state index contributed by atoms with van der Waals surface area (Å²) in [5.41, 5.74) is 11.8. The molecule has 0 amide bonds. The van der Waals surface area contributed by atoms with Crippen molar-refractivity contribution < 1.29 is 0 Å². The molecule has 1 atom stereocenters. The molecule has 7 nitrogen and oxygen atoms in total. The van der Waals surface area contributed by atoms with E-state index in [-0.39, 0.29) is 6.04 Å². The fourth-order valence-electron chi connectivity index (χ4n) is 3.11. The lowest BCUT2D eigenvalue weighted by Gasteiger charge is -2.30. The van der Waals surface area contributed by atoms with E-state index in [1.54, 1.807) is 0 Å². The van der Waals surface area contributed by atoms with Crippen molar-refractivity contribution in [2.45, 2.75) is 44.6 Å². The maximum atomic E-state index is 6.08. The Morgan fingerprint density at radius 2 is 1.23 bits per heavy atom. The second kappa shape index (κ2) is 7.19. The molecule has 2 saturated heterocycles. The topological polar surface area (TPSA) is 97.2 Å². The highest BCUT2D eigenvalue weighted by atomic mass is 15.3. The molecule has 0 bridgehead atoms. The lowest BCUT2D eigenvalue weighted by atomic mass is 10.1. The summed E-state index contributed by atoms with van der Waals surface area (Å²) in [5.74, 6) is 2.17. The molecule has 2 aliphatic rings. The first-order valence-corrected chi connectivity index (χ1v) is 8.49. The molecule has 0 aromatic carbocycles. The van der Waals surface area contributed by atoms with Crippen LogP contribution in [0.1, 0.15) is 50.4 Å². The van der Waals surface area contributed by atoms with Crippen LogP contribution in [0.4, 0.5) is 11.9 Å². The molecule has 3 rings (SSSR count). The predicted molar refractivity (Wildman–Crippen MR) is 87.9 cm³/mol. The van der Waals surface area contributed by atoms with Crippen LogP contribution in [-0.4, -0.2) is 47.7 Å². The van der Waals surface area contributed by atoms with Crippen LogP contribution >= 0.6 is 0 Å². The van der Waals surface area contributed by atoms with Gasteiger partial charge in [0.1, 0.15) is 0 Å². The molecule has 0 aliphatic carbocycles. The Morgan fingerprint density at radius 3 is 1.64 bits per heavy atom. The molecule has 0 saturated carbocycles. The quantitative estimate of drug-likeness (QED) is 0.849. The third kappa shape index (κ3) is 3.47. The first-order chi connectivity index (χ1) is 10.8. The molecule has 1 unspecified atom stereocenters. The van der Waals surface area contributed by atoms with Crippen LogP contribution in [0.3, 0.4) is 0 Å². The van der Waals surface area contributed by atoms with Crippen molar-refractivity contribution in [3.63, 3.8) is 0 Å². The van der Waals surface area contributed by atoms with Crippen LogP contribution < -0.4 is 21.3 Å². The zero-order chi connectivity index (χ0) is 15.4. The van der Waals surface area contributed by atoms with Crippen molar-refractivity contribution in [1.82, 2.24) is 15.0 Å². The van der Waals surface area contributed by atoms with Gasteiger partial charge in [-0.2, -0.15) is 15.0 Å². The average molecular weight is 305 g/mol. The van der Waals surface area contributed by atoms with Gasteiger partial charge in [-0.15, -0.1) is 0 Å². The van der Waals surface area contributed by atoms with E-state index in [2.05, 4.69) is 19.8 Å². The van der Waals surface area contributed by atoms with Crippen molar-refractivity contribution in [1.29, 1.82) is 0 Å². The van der Waals surface area contributed by atoms with E-state index >= 15 is 0 Å². The summed E-state index contributed by atoms with van der Waals surface area (Å²) in [6.45, 7) is 4.41. The molecule has 2 fully saturated rings. The fourth-order valence-corrected chi connectivity index (χ4v) is 3.11. The first kappa shape index (κ1) is 15.4. The molecular formula is C15H27N7. The number of hydrogen-bond acceptors (Lipinski definition) is 7. The van der Waals surface area contributed by atoms with Crippen LogP contribution in [0.5, 0.6) is 0 Å². The zero-order valence-corrected chi connectivity index (χ0v) is 13.2. The van der Waals surface area contributed by atoms with Gasteiger partial charge in [0.15, 0.2) is 5.82 Å². The van der Waals surface area contributed by atoms with Crippen LogP contribution in [-0.2, 0) is 0 Å². The molecule has 2 aliphatic heterocycles. The summed E-state index contributed by atoms with van der Waals surface area (Å²) >= 11 is 0. The van der Waals surface area contributed by atoms with E-state index < -0.39 is 0 Å². The number of piperidine rings is 2. The molecule has 3 heterocycles.